The predicted octanol–water partition coefficient (Wildman–Crippen LogP) is 2.48. The molecule has 0 aliphatic heterocycles. The fourth-order valence-electron chi connectivity index (χ4n) is 1.57. The molecular weight excluding hydrogens is 205 g/mol. The highest BCUT2D eigenvalue weighted by molar-refractivity contribution is 5.30. The van der Waals surface area contributed by atoms with Gasteiger partial charge in [-0.2, -0.15) is 0 Å². The molecule has 1 heterocycles. The summed E-state index contributed by atoms with van der Waals surface area (Å²) < 4.78 is 12.7. The monoisotopic (exact) mass is 217 g/mol. The van der Waals surface area contributed by atoms with Crippen LogP contribution >= 0.6 is 0 Å². The van der Waals surface area contributed by atoms with Crippen molar-refractivity contribution in [2.45, 2.75) is 12.5 Å². The molecule has 0 saturated carbocycles. The second-order valence-electron chi connectivity index (χ2n) is 3.80. The Morgan fingerprint density at radius 3 is 2.38 bits per heavy atom. The number of rotatable bonds is 2. The Morgan fingerprint density at radius 2 is 1.81 bits per heavy atom. The molecule has 1 N–H and O–H groups in total. The Kier molecular flexibility index (Phi) is 2.71. The first-order valence-electron chi connectivity index (χ1n) is 5.00. The van der Waals surface area contributed by atoms with Crippen molar-refractivity contribution in [3.8, 4) is 0 Å². The first-order chi connectivity index (χ1) is 7.60. The minimum atomic E-state index is -1.20. The van der Waals surface area contributed by atoms with Crippen molar-refractivity contribution in [2.75, 3.05) is 0 Å². The molecule has 0 aliphatic carbocycles. The number of aliphatic hydroxyl groups is 1. The molecule has 2 aromatic rings. The molecule has 0 fully saturated rings. The molecule has 1 atom stereocenters. The van der Waals surface area contributed by atoms with Gasteiger partial charge in [0.15, 0.2) is 0 Å². The summed E-state index contributed by atoms with van der Waals surface area (Å²) in [6.45, 7) is 1.64. The van der Waals surface area contributed by atoms with E-state index in [9.17, 15) is 9.50 Å². The van der Waals surface area contributed by atoms with Gasteiger partial charge in [-0.3, -0.25) is 4.98 Å². The van der Waals surface area contributed by atoms with E-state index in [0.717, 1.165) is 11.8 Å². The normalized spacial score (nSPS) is 14.4. The summed E-state index contributed by atoms with van der Waals surface area (Å²) in [5.74, 6) is -0.410. The average Bonchev–Trinajstić information content (AvgIpc) is 2.31. The molecule has 2 rings (SSSR count). The van der Waals surface area contributed by atoms with Crippen LogP contribution in [0.1, 0.15) is 18.2 Å². The Morgan fingerprint density at radius 1 is 1.12 bits per heavy atom. The van der Waals surface area contributed by atoms with Crippen LogP contribution in [-0.2, 0) is 5.60 Å². The molecule has 16 heavy (non-hydrogen) atoms. The fourth-order valence-corrected chi connectivity index (χ4v) is 1.57. The van der Waals surface area contributed by atoms with E-state index in [1.165, 1.54) is 12.1 Å². The summed E-state index contributed by atoms with van der Waals surface area (Å²) in [6.07, 6.45) is 1.10. The number of hydrogen-bond donors (Lipinski definition) is 1. The molecule has 3 heteroatoms. The number of halogens is 1. The first kappa shape index (κ1) is 10.8. The summed E-state index contributed by atoms with van der Waals surface area (Å²) >= 11 is 0. The van der Waals surface area contributed by atoms with Crippen LogP contribution in [0.2, 0.25) is 0 Å². The number of hydrogen-bond acceptors (Lipinski definition) is 2. The molecule has 0 radical (unpaired) electrons. The van der Waals surface area contributed by atoms with Gasteiger partial charge in [0.25, 0.3) is 0 Å². The van der Waals surface area contributed by atoms with Gasteiger partial charge < -0.3 is 5.11 Å². The summed E-state index contributed by atoms with van der Waals surface area (Å²) in [5.41, 5.74) is -0.0381. The quantitative estimate of drug-likeness (QED) is 0.838. The molecule has 0 saturated heterocycles. The second-order valence-corrected chi connectivity index (χ2v) is 3.80. The van der Waals surface area contributed by atoms with Gasteiger partial charge in [-0.25, -0.2) is 4.39 Å². The van der Waals surface area contributed by atoms with Gasteiger partial charge in [-0.15, -0.1) is 0 Å². The predicted molar refractivity (Wildman–Crippen MR) is 59.3 cm³/mol. The molecule has 1 aromatic carbocycles. The van der Waals surface area contributed by atoms with E-state index in [1.807, 2.05) is 30.3 Å². The van der Waals surface area contributed by atoms with Gasteiger partial charge in [0.1, 0.15) is 11.4 Å². The first-order valence-corrected chi connectivity index (χ1v) is 5.00. The zero-order valence-electron chi connectivity index (χ0n) is 8.89. The molecule has 0 amide bonds. The van der Waals surface area contributed by atoms with Crippen molar-refractivity contribution in [3.05, 3.63) is 65.7 Å². The summed E-state index contributed by atoms with van der Waals surface area (Å²) in [5, 5.41) is 10.4. The number of pyridine rings is 1. The van der Waals surface area contributed by atoms with E-state index in [2.05, 4.69) is 4.98 Å². The topological polar surface area (TPSA) is 33.1 Å². The molecule has 0 spiro atoms. The number of nitrogens with zero attached hydrogens (tertiary/aromatic N) is 1. The molecule has 1 aromatic heterocycles. The molecule has 82 valence electrons. The van der Waals surface area contributed by atoms with Gasteiger partial charge in [-0.05, 0) is 24.6 Å². The zero-order chi connectivity index (χ0) is 11.6. The molecular formula is C13H12FNO. The lowest BCUT2D eigenvalue weighted by atomic mass is 9.92. The molecule has 1 unspecified atom stereocenters. The van der Waals surface area contributed by atoms with Crippen molar-refractivity contribution in [1.82, 2.24) is 4.98 Å². The zero-order valence-corrected chi connectivity index (χ0v) is 8.89. The van der Waals surface area contributed by atoms with E-state index in [4.69, 9.17) is 0 Å². The summed E-state index contributed by atoms with van der Waals surface area (Å²) in [4.78, 5) is 3.90. The second kappa shape index (κ2) is 4.02. The molecule has 0 aliphatic rings. The summed E-state index contributed by atoms with van der Waals surface area (Å²) in [6, 6.07) is 12.0. The van der Waals surface area contributed by atoms with Crippen LogP contribution < -0.4 is 0 Å². The van der Waals surface area contributed by atoms with Gasteiger partial charge in [-0.1, -0.05) is 30.3 Å². The third-order valence-electron chi connectivity index (χ3n) is 2.56. The van der Waals surface area contributed by atoms with E-state index in [-0.39, 0.29) is 0 Å². The van der Waals surface area contributed by atoms with Gasteiger partial charge in [0, 0.05) is 0 Å². The van der Waals surface area contributed by atoms with Gasteiger partial charge in [0.05, 0.1) is 11.9 Å². The van der Waals surface area contributed by atoms with E-state index in [1.54, 1.807) is 6.92 Å². The SMILES string of the molecule is CC(O)(c1ccccc1)c1ccc(F)cn1. The van der Waals surface area contributed by atoms with Crippen molar-refractivity contribution >= 4 is 0 Å². The van der Waals surface area contributed by atoms with E-state index < -0.39 is 11.4 Å². The Hall–Kier alpha value is -1.74. The minimum Gasteiger partial charge on any atom is -0.379 e. The number of aromatic nitrogens is 1. The van der Waals surface area contributed by atoms with Crippen LogP contribution in [0.15, 0.2) is 48.7 Å². The highest BCUT2D eigenvalue weighted by Crippen LogP contribution is 2.26. The third kappa shape index (κ3) is 1.95. The van der Waals surface area contributed by atoms with Crippen molar-refractivity contribution < 1.29 is 9.50 Å². The largest absolute Gasteiger partial charge is 0.379 e. The lowest BCUT2D eigenvalue weighted by molar-refractivity contribution is 0.0972. The van der Waals surface area contributed by atoms with Crippen LogP contribution in [0.3, 0.4) is 0 Å². The Bertz CT molecular complexity index is 465. The highest BCUT2D eigenvalue weighted by atomic mass is 19.1. The maximum absolute atomic E-state index is 12.7. The van der Waals surface area contributed by atoms with Crippen LogP contribution in [0.5, 0.6) is 0 Å². The van der Waals surface area contributed by atoms with Crippen molar-refractivity contribution in [1.29, 1.82) is 0 Å². The van der Waals surface area contributed by atoms with Crippen LogP contribution in [0.4, 0.5) is 4.39 Å². The van der Waals surface area contributed by atoms with Crippen LogP contribution in [-0.4, -0.2) is 10.1 Å². The Balaban J connectivity index is 2.43. The minimum absolute atomic E-state index is 0.410. The smallest absolute Gasteiger partial charge is 0.141 e. The molecule has 0 bridgehead atoms. The van der Waals surface area contributed by atoms with Gasteiger partial charge in [0.2, 0.25) is 0 Å². The summed E-state index contributed by atoms with van der Waals surface area (Å²) in [7, 11) is 0. The Labute approximate surface area is 93.4 Å². The van der Waals surface area contributed by atoms with Crippen molar-refractivity contribution in [2.24, 2.45) is 0 Å². The third-order valence-corrected chi connectivity index (χ3v) is 2.56. The van der Waals surface area contributed by atoms with E-state index >= 15 is 0 Å². The average molecular weight is 217 g/mol. The van der Waals surface area contributed by atoms with Gasteiger partial charge >= 0.3 is 0 Å². The van der Waals surface area contributed by atoms with Crippen molar-refractivity contribution in [3.63, 3.8) is 0 Å². The number of benzene rings is 1. The fraction of sp³-hybridized carbons (Fsp3) is 0.154. The van der Waals surface area contributed by atoms with Crippen LogP contribution in [0.25, 0.3) is 0 Å². The maximum atomic E-state index is 12.7. The lowest BCUT2D eigenvalue weighted by Crippen LogP contribution is -2.24. The highest BCUT2D eigenvalue weighted by Gasteiger charge is 2.26. The van der Waals surface area contributed by atoms with E-state index in [0.29, 0.717) is 5.69 Å². The maximum Gasteiger partial charge on any atom is 0.141 e. The standard InChI is InChI=1S/C13H12FNO/c1-13(16,10-5-3-2-4-6-10)12-8-7-11(14)9-15-12/h2-9,16H,1H3. The lowest BCUT2D eigenvalue weighted by Gasteiger charge is -2.23. The van der Waals surface area contributed by atoms with Crippen LogP contribution in [0, 0.1) is 5.82 Å². The molecule has 2 nitrogen and oxygen atoms in total.